The van der Waals surface area contributed by atoms with Crippen molar-refractivity contribution in [3.05, 3.63) is 21.0 Å². The number of hydrogen-bond donors (Lipinski definition) is 3. The normalized spacial score (nSPS) is 27.2. The van der Waals surface area contributed by atoms with Crippen LogP contribution < -0.4 is 16.7 Å². The van der Waals surface area contributed by atoms with E-state index in [1.54, 1.807) is 0 Å². The van der Waals surface area contributed by atoms with Crippen molar-refractivity contribution in [1.29, 1.82) is 0 Å². The summed E-state index contributed by atoms with van der Waals surface area (Å²) in [6, 6.07) is -0.0483. The second kappa shape index (κ2) is 6.24. The van der Waals surface area contributed by atoms with Gasteiger partial charge in [-0.2, -0.15) is 4.98 Å². The van der Waals surface area contributed by atoms with Gasteiger partial charge in [-0.1, -0.05) is 19.3 Å². The number of anilines is 1. The minimum atomic E-state index is -0.543. The van der Waals surface area contributed by atoms with Gasteiger partial charge in [0.15, 0.2) is 0 Å². The van der Waals surface area contributed by atoms with E-state index in [2.05, 4.69) is 22.2 Å². The van der Waals surface area contributed by atoms with E-state index in [-0.39, 0.29) is 18.0 Å². The second-order valence-corrected chi connectivity index (χ2v) is 6.65. The van der Waals surface area contributed by atoms with Gasteiger partial charge in [-0.15, -0.1) is 0 Å². The minimum absolute atomic E-state index is 0.184. The lowest BCUT2D eigenvalue weighted by molar-refractivity contribution is 0.0446. The lowest BCUT2D eigenvalue weighted by Gasteiger charge is -2.32. The van der Waals surface area contributed by atoms with Crippen LogP contribution in [-0.2, 0) is 0 Å². The predicted molar refractivity (Wildman–Crippen MR) is 83.1 cm³/mol. The first-order valence-electron chi connectivity index (χ1n) is 8.22. The molecule has 2 saturated carbocycles. The lowest BCUT2D eigenvalue weighted by Crippen LogP contribution is -2.46. The van der Waals surface area contributed by atoms with Crippen molar-refractivity contribution < 1.29 is 5.11 Å². The minimum Gasteiger partial charge on any atom is -0.393 e. The predicted octanol–water partition coefficient (Wildman–Crippen LogP) is 1.01. The second-order valence-electron chi connectivity index (χ2n) is 6.65. The third-order valence-corrected chi connectivity index (χ3v) is 5.03. The largest absolute Gasteiger partial charge is 0.393 e. The molecular weight excluding hydrogens is 284 g/mol. The molecule has 0 unspecified atom stereocenters. The van der Waals surface area contributed by atoms with Gasteiger partial charge in [-0.05, 0) is 38.5 Å². The van der Waals surface area contributed by atoms with E-state index in [9.17, 15) is 14.7 Å². The van der Waals surface area contributed by atoms with Crippen LogP contribution in [-0.4, -0.2) is 31.8 Å². The summed E-state index contributed by atoms with van der Waals surface area (Å²) in [5, 5.41) is 12.5. The molecule has 1 aromatic heterocycles. The summed E-state index contributed by atoms with van der Waals surface area (Å²) >= 11 is 0. The topological polar surface area (TPSA) is 100 Å². The fraction of sp³-hybridized carbons (Fsp3) is 0.800. The van der Waals surface area contributed by atoms with Gasteiger partial charge in [-0.25, -0.2) is 14.2 Å². The number of H-pyrrole nitrogens is 1. The molecule has 0 spiro atoms. The zero-order valence-corrected chi connectivity index (χ0v) is 12.9. The van der Waals surface area contributed by atoms with Crippen molar-refractivity contribution in [3.8, 4) is 0 Å². The number of aromatic nitrogens is 3. The Labute approximate surface area is 128 Å². The molecule has 22 heavy (non-hydrogen) atoms. The first-order chi connectivity index (χ1) is 10.5. The van der Waals surface area contributed by atoms with Crippen molar-refractivity contribution >= 4 is 5.95 Å². The van der Waals surface area contributed by atoms with E-state index in [0.717, 1.165) is 4.57 Å². The number of nitrogens with zero attached hydrogens (tertiary/aromatic N) is 2. The van der Waals surface area contributed by atoms with Crippen LogP contribution in [0.25, 0.3) is 0 Å². The van der Waals surface area contributed by atoms with Gasteiger partial charge in [0.2, 0.25) is 5.95 Å². The average molecular weight is 308 g/mol. The first-order valence-corrected chi connectivity index (χ1v) is 8.22. The zero-order valence-electron chi connectivity index (χ0n) is 12.9. The molecule has 0 radical (unpaired) electrons. The third-order valence-electron chi connectivity index (χ3n) is 5.03. The summed E-state index contributed by atoms with van der Waals surface area (Å²) < 4.78 is 1.11. The lowest BCUT2D eigenvalue weighted by atomic mass is 9.85. The molecule has 3 rings (SSSR count). The molecule has 1 heterocycles. The summed E-state index contributed by atoms with van der Waals surface area (Å²) in [5.74, 6) is 0.812. The van der Waals surface area contributed by atoms with Gasteiger partial charge in [0.1, 0.15) is 0 Å². The van der Waals surface area contributed by atoms with Crippen LogP contribution in [0.5, 0.6) is 0 Å². The van der Waals surface area contributed by atoms with E-state index >= 15 is 0 Å². The molecule has 7 nitrogen and oxygen atoms in total. The maximum Gasteiger partial charge on any atom is 0.355 e. The molecule has 1 atom stereocenters. The van der Waals surface area contributed by atoms with Crippen LogP contribution in [0.3, 0.4) is 0 Å². The average Bonchev–Trinajstić information content (AvgIpc) is 2.45. The summed E-state index contributed by atoms with van der Waals surface area (Å²) in [5.41, 5.74) is -0.991. The Kier molecular flexibility index (Phi) is 4.33. The van der Waals surface area contributed by atoms with Crippen molar-refractivity contribution in [3.63, 3.8) is 0 Å². The summed E-state index contributed by atoms with van der Waals surface area (Å²) in [6.07, 6.45) is 6.59. The molecule has 2 aliphatic rings. The van der Waals surface area contributed by atoms with E-state index in [4.69, 9.17) is 0 Å². The smallest absolute Gasteiger partial charge is 0.355 e. The van der Waals surface area contributed by atoms with Gasteiger partial charge in [0.05, 0.1) is 6.10 Å². The highest BCUT2D eigenvalue weighted by molar-refractivity contribution is 5.23. The third kappa shape index (κ3) is 3.09. The Morgan fingerprint density at radius 3 is 2.55 bits per heavy atom. The van der Waals surface area contributed by atoms with E-state index in [1.165, 1.54) is 32.1 Å². The maximum absolute atomic E-state index is 12.1. The Bertz CT molecular complexity index is 595. The Morgan fingerprint density at radius 2 is 1.95 bits per heavy atom. The van der Waals surface area contributed by atoms with Crippen molar-refractivity contribution in [2.75, 3.05) is 5.32 Å². The standard InChI is InChI=1S/C15H24N4O3/c1-9(10-5-3-2-4-6-10)16-13-17-14(21)19(15(22)18-13)11-7-12(20)8-11/h9-12,20H,2-8H2,1H3,(H2,16,17,18,21,22)/t9-,11?,12?/m0/s1. The first kappa shape index (κ1) is 15.3. The van der Waals surface area contributed by atoms with Crippen LogP contribution in [0.15, 0.2) is 9.59 Å². The highest BCUT2D eigenvalue weighted by Crippen LogP contribution is 2.30. The van der Waals surface area contributed by atoms with Gasteiger partial charge in [0, 0.05) is 12.1 Å². The number of nitrogens with one attached hydrogen (secondary N) is 2. The molecule has 2 aliphatic carbocycles. The van der Waals surface area contributed by atoms with Crippen LogP contribution in [0.1, 0.15) is 57.9 Å². The Hall–Kier alpha value is -1.63. The van der Waals surface area contributed by atoms with Crippen LogP contribution >= 0.6 is 0 Å². The molecule has 0 saturated heterocycles. The summed E-state index contributed by atoms with van der Waals surface area (Å²) in [7, 11) is 0. The maximum atomic E-state index is 12.1. The van der Waals surface area contributed by atoms with E-state index in [0.29, 0.717) is 18.8 Å². The molecule has 3 N–H and O–H groups in total. The van der Waals surface area contributed by atoms with E-state index < -0.39 is 17.5 Å². The molecule has 122 valence electrons. The molecule has 7 heteroatoms. The molecule has 0 bridgehead atoms. The Balaban J connectivity index is 1.72. The highest BCUT2D eigenvalue weighted by atomic mass is 16.3. The zero-order chi connectivity index (χ0) is 15.7. The summed E-state index contributed by atoms with van der Waals surface area (Å²) in [4.78, 5) is 30.8. The number of aromatic amines is 1. The van der Waals surface area contributed by atoms with Crippen molar-refractivity contribution in [1.82, 2.24) is 14.5 Å². The highest BCUT2D eigenvalue weighted by Gasteiger charge is 2.31. The molecule has 0 aromatic carbocycles. The fourth-order valence-electron chi connectivity index (χ4n) is 3.55. The van der Waals surface area contributed by atoms with Crippen LogP contribution in [0, 0.1) is 5.92 Å². The van der Waals surface area contributed by atoms with Crippen molar-refractivity contribution in [2.24, 2.45) is 5.92 Å². The van der Waals surface area contributed by atoms with Crippen LogP contribution in [0.2, 0.25) is 0 Å². The van der Waals surface area contributed by atoms with Crippen molar-refractivity contribution in [2.45, 2.75) is 70.1 Å². The molecule has 0 aliphatic heterocycles. The molecule has 1 aromatic rings. The monoisotopic (exact) mass is 308 g/mol. The fourth-order valence-corrected chi connectivity index (χ4v) is 3.55. The van der Waals surface area contributed by atoms with Gasteiger partial charge in [0.25, 0.3) is 0 Å². The summed E-state index contributed by atoms with van der Waals surface area (Å²) in [6.45, 7) is 2.07. The van der Waals surface area contributed by atoms with E-state index in [1.807, 2.05) is 0 Å². The van der Waals surface area contributed by atoms with Gasteiger partial charge < -0.3 is 10.4 Å². The number of hydrogen-bond acceptors (Lipinski definition) is 5. The quantitative estimate of drug-likeness (QED) is 0.771. The van der Waals surface area contributed by atoms with Gasteiger partial charge in [-0.3, -0.25) is 4.98 Å². The van der Waals surface area contributed by atoms with Crippen LogP contribution in [0.4, 0.5) is 5.95 Å². The molecular formula is C15H24N4O3. The molecule has 0 amide bonds. The number of aliphatic hydroxyl groups is 1. The Morgan fingerprint density at radius 1 is 1.27 bits per heavy atom. The number of rotatable bonds is 4. The number of aliphatic hydroxyl groups excluding tert-OH is 1. The molecule has 2 fully saturated rings. The van der Waals surface area contributed by atoms with Gasteiger partial charge >= 0.3 is 11.4 Å². The SMILES string of the molecule is C[C@H](Nc1nc(=O)n(C2CC(O)C2)c(=O)[nH]1)C1CCCCC1.